The first-order chi connectivity index (χ1) is 20.6. The van der Waals surface area contributed by atoms with Crippen molar-refractivity contribution >= 4 is 40.9 Å². The molecule has 0 saturated heterocycles. The average molecular weight is 606 g/mol. The summed E-state index contributed by atoms with van der Waals surface area (Å²) in [4.78, 5) is 43.0. The van der Waals surface area contributed by atoms with Crippen LogP contribution in [0.5, 0.6) is 0 Å². The molecule has 1 fully saturated rings. The van der Waals surface area contributed by atoms with E-state index >= 15 is 0 Å². The van der Waals surface area contributed by atoms with E-state index in [-0.39, 0.29) is 53.1 Å². The number of carboxylic acids is 1. The average Bonchev–Trinajstić information content (AvgIpc) is 3.60. The maximum atomic E-state index is 12.7. The van der Waals surface area contributed by atoms with Gasteiger partial charge in [0.25, 0.3) is 0 Å². The first-order valence-electron chi connectivity index (χ1n) is 14.7. The number of carbonyl (C=O) groups is 3. The Morgan fingerprint density at radius 1 is 1.05 bits per heavy atom. The summed E-state index contributed by atoms with van der Waals surface area (Å²) in [6, 6.07) is 15.8. The SMILES string of the molecule is C=C(Cl)/C(CC(=O)O)=C(\N=C(N)Cc1ccc(NC(=O)CC2Cc3ccccc3C2)cc1)N(C)CC(=O)NC1CCCC1. The molecule has 2 amide bonds. The van der Waals surface area contributed by atoms with Crippen molar-refractivity contribution < 1.29 is 19.5 Å². The number of likely N-dealkylation sites (N-methyl/N-ethyl adjacent to an activating group) is 1. The van der Waals surface area contributed by atoms with Crippen LogP contribution < -0.4 is 16.4 Å². The van der Waals surface area contributed by atoms with Gasteiger partial charge in [-0.15, -0.1) is 0 Å². The monoisotopic (exact) mass is 605 g/mol. The van der Waals surface area contributed by atoms with Gasteiger partial charge in [-0.05, 0) is 60.4 Å². The van der Waals surface area contributed by atoms with E-state index in [4.69, 9.17) is 17.3 Å². The van der Waals surface area contributed by atoms with Crippen molar-refractivity contribution in [1.29, 1.82) is 0 Å². The Morgan fingerprint density at radius 2 is 1.67 bits per heavy atom. The lowest BCUT2D eigenvalue weighted by Crippen LogP contribution is -2.40. The van der Waals surface area contributed by atoms with Gasteiger partial charge in [-0.3, -0.25) is 14.4 Å². The number of carboxylic acid groups (broad SMARTS) is 1. The Bertz CT molecular complexity index is 1390. The van der Waals surface area contributed by atoms with Gasteiger partial charge in [-0.2, -0.15) is 0 Å². The number of hydrogen-bond donors (Lipinski definition) is 4. The summed E-state index contributed by atoms with van der Waals surface area (Å²) in [7, 11) is 1.64. The Kier molecular flexibility index (Phi) is 11.0. The van der Waals surface area contributed by atoms with Gasteiger partial charge in [-0.25, -0.2) is 4.99 Å². The molecule has 2 aliphatic carbocycles. The molecule has 0 unspecified atom stereocenters. The van der Waals surface area contributed by atoms with E-state index in [2.05, 4.69) is 34.3 Å². The third-order valence-electron chi connectivity index (χ3n) is 7.87. The van der Waals surface area contributed by atoms with Gasteiger partial charge in [0, 0.05) is 42.2 Å². The Hall–Kier alpha value is -4.11. The van der Waals surface area contributed by atoms with Crippen LogP contribution in [0, 0.1) is 5.92 Å². The smallest absolute Gasteiger partial charge is 0.308 e. The van der Waals surface area contributed by atoms with E-state index in [1.54, 1.807) is 11.9 Å². The van der Waals surface area contributed by atoms with Gasteiger partial charge >= 0.3 is 5.97 Å². The number of hydrogen-bond acceptors (Lipinski definition) is 5. The predicted molar refractivity (Wildman–Crippen MR) is 170 cm³/mol. The summed E-state index contributed by atoms with van der Waals surface area (Å²) < 4.78 is 0. The first kappa shape index (κ1) is 31.8. The third kappa shape index (κ3) is 9.44. The van der Waals surface area contributed by atoms with E-state index in [9.17, 15) is 19.5 Å². The van der Waals surface area contributed by atoms with Crippen LogP contribution >= 0.6 is 11.6 Å². The van der Waals surface area contributed by atoms with E-state index in [0.717, 1.165) is 44.1 Å². The Labute approximate surface area is 257 Å². The topological polar surface area (TPSA) is 137 Å². The molecule has 9 nitrogen and oxygen atoms in total. The summed E-state index contributed by atoms with van der Waals surface area (Å²) >= 11 is 6.19. The van der Waals surface area contributed by atoms with Crippen molar-refractivity contribution in [3.05, 3.63) is 88.2 Å². The highest BCUT2D eigenvalue weighted by molar-refractivity contribution is 6.31. The number of amidine groups is 1. The predicted octanol–water partition coefficient (Wildman–Crippen LogP) is 4.76. The molecular formula is C33H40ClN5O4. The lowest BCUT2D eigenvalue weighted by molar-refractivity contribution is -0.136. The molecule has 10 heteroatoms. The number of benzene rings is 2. The van der Waals surface area contributed by atoms with Gasteiger partial charge in [0.1, 0.15) is 11.7 Å². The highest BCUT2D eigenvalue weighted by Crippen LogP contribution is 2.29. The van der Waals surface area contributed by atoms with Gasteiger partial charge in [0.05, 0.1) is 13.0 Å². The molecule has 2 aromatic rings. The molecule has 228 valence electrons. The standard InChI is InChI=1S/C33H40ClN5O4/c1-21(34)28(19-32(42)43)33(39(2)20-31(41)37-26-9-5-6-10-26)38-29(35)17-22-11-13-27(14-12-22)36-30(40)18-23-15-24-7-3-4-8-25(24)16-23/h3-4,7-8,11-14,23,26H,1,5-6,9-10,15-20H2,2H3,(H2,35,38)(H,36,40)(H,37,41)(H,42,43)/b33-28+. The molecule has 0 aromatic heterocycles. The zero-order chi connectivity index (χ0) is 30.9. The fourth-order valence-corrected chi connectivity index (χ4v) is 5.97. The Morgan fingerprint density at radius 3 is 2.26 bits per heavy atom. The number of anilines is 1. The van der Waals surface area contributed by atoms with Crippen molar-refractivity contribution in [3.8, 4) is 0 Å². The maximum absolute atomic E-state index is 12.7. The number of carbonyl (C=O) groups excluding carboxylic acids is 2. The van der Waals surface area contributed by atoms with Crippen molar-refractivity contribution in [2.45, 2.75) is 63.8 Å². The van der Waals surface area contributed by atoms with E-state index in [1.165, 1.54) is 11.1 Å². The molecule has 43 heavy (non-hydrogen) atoms. The quantitative estimate of drug-likeness (QED) is 0.148. The number of aliphatic imine (C=N–C) groups is 1. The van der Waals surface area contributed by atoms with Crippen LogP contribution in [-0.2, 0) is 33.6 Å². The minimum atomic E-state index is -1.11. The normalized spacial score (nSPS) is 15.9. The molecule has 2 aliphatic rings. The summed E-state index contributed by atoms with van der Waals surface area (Å²) in [6.07, 6.45) is 6.21. The molecule has 4 rings (SSSR count). The lowest BCUT2D eigenvalue weighted by atomic mass is 10.0. The molecule has 1 saturated carbocycles. The zero-order valence-corrected chi connectivity index (χ0v) is 25.3. The van der Waals surface area contributed by atoms with Crippen LogP contribution in [0.15, 0.2) is 76.5 Å². The molecule has 0 bridgehead atoms. The zero-order valence-electron chi connectivity index (χ0n) is 24.6. The number of nitrogens with one attached hydrogen (secondary N) is 2. The van der Waals surface area contributed by atoms with Crippen molar-refractivity contribution in [1.82, 2.24) is 10.2 Å². The van der Waals surface area contributed by atoms with Gasteiger partial charge in [0.2, 0.25) is 11.8 Å². The highest BCUT2D eigenvalue weighted by atomic mass is 35.5. The van der Waals surface area contributed by atoms with Crippen LogP contribution in [0.3, 0.4) is 0 Å². The molecule has 0 heterocycles. The molecule has 5 N–H and O–H groups in total. The number of halogens is 1. The first-order valence-corrected chi connectivity index (χ1v) is 15.0. The number of nitrogens with zero attached hydrogens (tertiary/aromatic N) is 2. The maximum Gasteiger partial charge on any atom is 0.308 e. The number of aliphatic carboxylic acids is 1. The molecule has 0 radical (unpaired) electrons. The van der Waals surface area contributed by atoms with Crippen molar-refractivity contribution in [3.63, 3.8) is 0 Å². The second-order valence-corrected chi connectivity index (χ2v) is 11.9. The fourth-order valence-electron chi connectivity index (χ4n) is 5.82. The number of nitrogens with two attached hydrogens (primary N) is 1. The number of allylic oxidation sites excluding steroid dienone is 1. The van der Waals surface area contributed by atoms with Crippen LogP contribution in [-0.4, -0.2) is 53.3 Å². The largest absolute Gasteiger partial charge is 0.481 e. The molecule has 0 aliphatic heterocycles. The fraction of sp³-hybridized carbons (Fsp3) is 0.394. The van der Waals surface area contributed by atoms with Crippen LogP contribution in [0.1, 0.15) is 55.2 Å². The second-order valence-electron chi connectivity index (χ2n) is 11.5. The van der Waals surface area contributed by atoms with Crippen molar-refractivity contribution in [2.24, 2.45) is 16.6 Å². The van der Waals surface area contributed by atoms with E-state index in [1.807, 2.05) is 36.4 Å². The molecular weight excluding hydrogens is 566 g/mol. The summed E-state index contributed by atoms with van der Waals surface area (Å²) in [5, 5.41) is 15.5. The van der Waals surface area contributed by atoms with Crippen LogP contribution in [0.2, 0.25) is 0 Å². The van der Waals surface area contributed by atoms with Gasteiger partial charge < -0.3 is 26.4 Å². The second kappa shape index (κ2) is 14.9. The van der Waals surface area contributed by atoms with Crippen LogP contribution in [0.25, 0.3) is 0 Å². The summed E-state index contributed by atoms with van der Waals surface area (Å²) in [5.74, 6) is -0.630. The van der Waals surface area contributed by atoms with E-state index < -0.39 is 12.4 Å². The molecule has 2 aromatic carbocycles. The Balaban J connectivity index is 1.39. The van der Waals surface area contributed by atoms with Crippen molar-refractivity contribution in [2.75, 3.05) is 18.9 Å². The number of fused-ring (bicyclic) bond motifs is 1. The van der Waals surface area contributed by atoms with Gasteiger partial charge in [-0.1, -0.05) is 67.4 Å². The molecule has 0 spiro atoms. The van der Waals surface area contributed by atoms with Gasteiger partial charge in [0.15, 0.2) is 0 Å². The minimum absolute atomic E-state index is 0.0126. The van der Waals surface area contributed by atoms with E-state index in [0.29, 0.717) is 18.0 Å². The lowest BCUT2D eigenvalue weighted by Gasteiger charge is -2.23. The highest BCUT2D eigenvalue weighted by Gasteiger charge is 2.24. The number of amides is 2. The minimum Gasteiger partial charge on any atom is -0.481 e. The summed E-state index contributed by atoms with van der Waals surface area (Å²) in [5.41, 5.74) is 10.7. The third-order valence-corrected chi connectivity index (χ3v) is 8.10. The summed E-state index contributed by atoms with van der Waals surface area (Å²) in [6.45, 7) is 3.67. The van der Waals surface area contributed by atoms with Crippen LogP contribution in [0.4, 0.5) is 5.69 Å². The number of rotatable bonds is 13. The molecule has 0 atom stereocenters.